The zero-order valence-electron chi connectivity index (χ0n) is 15.5. The molecule has 1 N–H and O–H groups in total. The van der Waals surface area contributed by atoms with Crippen LogP contribution in [0.4, 0.5) is 5.69 Å². The molecule has 0 aromatic heterocycles. The molecule has 2 rings (SSSR count). The van der Waals surface area contributed by atoms with Crippen LogP contribution in [0.2, 0.25) is 0 Å². The van der Waals surface area contributed by atoms with Gasteiger partial charge in [0, 0.05) is 23.3 Å². The minimum absolute atomic E-state index is 0.222. The maximum Gasteiger partial charge on any atom is 0.265 e. The highest BCUT2D eigenvalue weighted by molar-refractivity contribution is 9.10. The molecule has 0 saturated heterocycles. The van der Waals surface area contributed by atoms with Gasteiger partial charge in [0.25, 0.3) is 5.91 Å². The summed E-state index contributed by atoms with van der Waals surface area (Å²) in [6, 6.07) is 11.2. The highest BCUT2D eigenvalue weighted by Gasteiger charge is 2.17. The van der Waals surface area contributed by atoms with Crippen LogP contribution in [0.15, 0.2) is 40.9 Å². The molecule has 2 aromatic rings. The van der Waals surface area contributed by atoms with E-state index in [1.54, 1.807) is 20.1 Å². The Labute approximate surface area is 162 Å². The van der Waals surface area contributed by atoms with Gasteiger partial charge in [0.2, 0.25) is 0 Å². The normalized spacial score (nSPS) is 11.7. The molecule has 0 fully saturated rings. The maximum absolute atomic E-state index is 12.5. The van der Waals surface area contributed by atoms with Gasteiger partial charge in [-0.3, -0.25) is 4.79 Å². The maximum atomic E-state index is 12.5. The summed E-state index contributed by atoms with van der Waals surface area (Å²) in [6.07, 6.45) is -0.633. The smallest absolute Gasteiger partial charge is 0.265 e. The number of rotatable bonds is 8. The number of nitrogens with one attached hydrogen (secondary N) is 1. The van der Waals surface area contributed by atoms with E-state index in [1.165, 1.54) is 0 Å². The fraction of sp³-hybridized carbons (Fsp3) is 0.350. The first-order valence-electron chi connectivity index (χ1n) is 8.36. The van der Waals surface area contributed by atoms with Crippen LogP contribution in [-0.4, -0.2) is 32.3 Å². The van der Waals surface area contributed by atoms with Crippen molar-refractivity contribution in [3.05, 3.63) is 52.0 Å². The number of hydrogen-bond donors (Lipinski definition) is 1. The highest BCUT2D eigenvalue weighted by Crippen LogP contribution is 2.28. The molecule has 0 radical (unpaired) electrons. The quantitative estimate of drug-likeness (QED) is 0.637. The van der Waals surface area contributed by atoms with Gasteiger partial charge in [0.1, 0.15) is 18.1 Å². The average molecular weight is 422 g/mol. The lowest BCUT2D eigenvalue weighted by molar-refractivity contribution is -0.122. The first kappa shape index (κ1) is 20.3. The first-order chi connectivity index (χ1) is 12.4. The fourth-order valence-corrected chi connectivity index (χ4v) is 3.15. The molecule has 0 aliphatic heterocycles. The Balaban J connectivity index is 2.00. The van der Waals surface area contributed by atoms with Gasteiger partial charge in [0.05, 0.1) is 6.61 Å². The second-order valence-electron chi connectivity index (χ2n) is 5.99. The van der Waals surface area contributed by atoms with Crippen LogP contribution in [-0.2, 0) is 9.53 Å². The first-order valence-corrected chi connectivity index (χ1v) is 9.16. The summed E-state index contributed by atoms with van der Waals surface area (Å²) in [5.74, 6) is 1.18. The fourth-order valence-electron chi connectivity index (χ4n) is 2.46. The van der Waals surface area contributed by atoms with Crippen molar-refractivity contribution in [2.75, 3.05) is 25.6 Å². The van der Waals surface area contributed by atoms with Crippen molar-refractivity contribution in [3.63, 3.8) is 0 Å². The molecule has 0 saturated carbocycles. The third kappa shape index (κ3) is 5.75. The van der Waals surface area contributed by atoms with Crippen LogP contribution in [0.3, 0.4) is 0 Å². The van der Waals surface area contributed by atoms with Crippen molar-refractivity contribution >= 4 is 27.5 Å². The van der Waals surface area contributed by atoms with E-state index in [4.69, 9.17) is 14.2 Å². The Hall–Kier alpha value is -2.05. The number of anilines is 1. The molecule has 1 unspecified atom stereocenters. The number of halogens is 1. The SMILES string of the molecule is COCCOc1cccc(NC(=O)C(C)Oc2c(C)cc(Br)cc2C)c1. The van der Waals surface area contributed by atoms with Gasteiger partial charge in [0.15, 0.2) is 6.10 Å². The topological polar surface area (TPSA) is 56.8 Å². The van der Waals surface area contributed by atoms with E-state index in [0.29, 0.717) is 24.7 Å². The predicted octanol–water partition coefficient (Wildman–Crippen LogP) is 4.50. The number of carbonyl (C=O) groups excluding carboxylic acids is 1. The van der Waals surface area contributed by atoms with Gasteiger partial charge in [-0.2, -0.15) is 0 Å². The van der Waals surface area contributed by atoms with E-state index in [2.05, 4.69) is 21.2 Å². The van der Waals surface area contributed by atoms with Gasteiger partial charge < -0.3 is 19.5 Å². The lowest BCUT2D eigenvalue weighted by Crippen LogP contribution is -2.30. The third-order valence-corrected chi connectivity index (χ3v) is 4.20. The van der Waals surface area contributed by atoms with Crippen molar-refractivity contribution < 1.29 is 19.0 Å². The largest absolute Gasteiger partial charge is 0.491 e. The molecule has 26 heavy (non-hydrogen) atoms. The Morgan fingerprint density at radius 2 is 1.85 bits per heavy atom. The van der Waals surface area contributed by atoms with Gasteiger partial charge in [-0.1, -0.05) is 22.0 Å². The van der Waals surface area contributed by atoms with Crippen LogP contribution in [0.25, 0.3) is 0 Å². The zero-order chi connectivity index (χ0) is 19.1. The lowest BCUT2D eigenvalue weighted by Gasteiger charge is -2.18. The summed E-state index contributed by atoms with van der Waals surface area (Å²) in [7, 11) is 1.62. The van der Waals surface area contributed by atoms with Crippen LogP contribution in [0.5, 0.6) is 11.5 Å². The molecule has 2 aromatic carbocycles. The number of benzene rings is 2. The van der Waals surface area contributed by atoms with Gasteiger partial charge >= 0.3 is 0 Å². The molecule has 0 heterocycles. The molecule has 5 nitrogen and oxygen atoms in total. The molecular weight excluding hydrogens is 398 g/mol. The Morgan fingerprint density at radius 3 is 2.50 bits per heavy atom. The third-order valence-electron chi connectivity index (χ3n) is 3.75. The average Bonchev–Trinajstić information content (AvgIpc) is 2.58. The highest BCUT2D eigenvalue weighted by atomic mass is 79.9. The zero-order valence-corrected chi connectivity index (χ0v) is 17.1. The summed E-state index contributed by atoms with van der Waals surface area (Å²) in [6.45, 7) is 6.61. The monoisotopic (exact) mass is 421 g/mol. The summed E-state index contributed by atoms with van der Waals surface area (Å²) in [5, 5.41) is 2.86. The van der Waals surface area contributed by atoms with Crippen molar-refractivity contribution in [1.82, 2.24) is 0 Å². The molecule has 0 spiro atoms. The van der Waals surface area contributed by atoms with Crippen molar-refractivity contribution in [2.45, 2.75) is 26.9 Å². The van der Waals surface area contributed by atoms with Crippen LogP contribution < -0.4 is 14.8 Å². The minimum atomic E-state index is -0.633. The van der Waals surface area contributed by atoms with Crippen LogP contribution in [0, 0.1) is 13.8 Å². The van der Waals surface area contributed by atoms with E-state index in [0.717, 1.165) is 21.3 Å². The second kappa shape index (κ2) is 9.59. The summed E-state index contributed by atoms with van der Waals surface area (Å²) in [5.41, 5.74) is 2.61. The number of hydrogen-bond acceptors (Lipinski definition) is 4. The molecular formula is C20H24BrNO4. The van der Waals surface area contributed by atoms with E-state index in [9.17, 15) is 4.79 Å². The second-order valence-corrected chi connectivity index (χ2v) is 6.90. The van der Waals surface area contributed by atoms with E-state index in [1.807, 2.05) is 44.2 Å². The Morgan fingerprint density at radius 1 is 1.15 bits per heavy atom. The summed E-state index contributed by atoms with van der Waals surface area (Å²) in [4.78, 5) is 12.5. The van der Waals surface area contributed by atoms with E-state index in [-0.39, 0.29) is 5.91 Å². The predicted molar refractivity (Wildman–Crippen MR) is 106 cm³/mol. The minimum Gasteiger partial charge on any atom is -0.491 e. The van der Waals surface area contributed by atoms with E-state index >= 15 is 0 Å². The van der Waals surface area contributed by atoms with E-state index < -0.39 is 6.10 Å². The van der Waals surface area contributed by atoms with Crippen LogP contribution >= 0.6 is 15.9 Å². The van der Waals surface area contributed by atoms with Crippen LogP contribution in [0.1, 0.15) is 18.1 Å². The lowest BCUT2D eigenvalue weighted by atomic mass is 10.1. The summed E-state index contributed by atoms with van der Waals surface area (Å²) >= 11 is 3.46. The van der Waals surface area contributed by atoms with Gasteiger partial charge in [-0.05, 0) is 56.2 Å². The molecule has 6 heteroatoms. The van der Waals surface area contributed by atoms with Crippen molar-refractivity contribution in [3.8, 4) is 11.5 Å². The number of carbonyl (C=O) groups is 1. The van der Waals surface area contributed by atoms with Crippen molar-refractivity contribution in [2.24, 2.45) is 0 Å². The molecule has 0 bridgehead atoms. The van der Waals surface area contributed by atoms with Gasteiger partial charge in [-0.15, -0.1) is 0 Å². The molecule has 1 atom stereocenters. The Bertz CT molecular complexity index is 740. The standard InChI is InChI=1S/C20H24BrNO4/c1-13-10-16(21)11-14(2)19(13)26-15(3)20(23)22-17-6-5-7-18(12-17)25-9-8-24-4/h5-7,10-12,15H,8-9H2,1-4H3,(H,22,23). The number of ether oxygens (including phenoxy) is 3. The van der Waals surface area contributed by atoms with Gasteiger partial charge in [-0.25, -0.2) is 0 Å². The number of amides is 1. The number of methoxy groups -OCH3 is 1. The molecule has 0 aliphatic rings. The Kier molecular flexibility index (Phi) is 7.48. The van der Waals surface area contributed by atoms with Crippen molar-refractivity contribution in [1.29, 1.82) is 0 Å². The summed E-state index contributed by atoms with van der Waals surface area (Å²) < 4.78 is 17.4. The molecule has 0 aliphatic carbocycles. The molecule has 1 amide bonds. The number of aryl methyl sites for hydroxylation is 2. The molecule has 140 valence electrons.